The number of benzene rings is 2. The number of carbonyl (C=O) groups is 1. The largest absolute Gasteiger partial charge is 0.485 e. The molecule has 2 atom stereocenters. The van der Waals surface area contributed by atoms with Crippen molar-refractivity contribution in [2.75, 3.05) is 18.1 Å². The van der Waals surface area contributed by atoms with E-state index in [0.29, 0.717) is 24.5 Å². The average molecular weight is 466 g/mol. The Bertz CT molecular complexity index is 994. The number of rotatable bonds is 4. The van der Waals surface area contributed by atoms with Gasteiger partial charge in [-0.1, -0.05) is 40.2 Å². The molecule has 0 spiro atoms. The lowest BCUT2D eigenvalue weighted by Crippen LogP contribution is -2.50. The van der Waals surface area contributed by atoms with E-state index in [1.54, 1.807) is 17.0 Å². The lowest BCUT2D eigenvalue weighted by molar-refractivity contribution is -0.143. The van der Waals surface area contributed by atoms with Crippen LogP contribution in [0.1, 0.15) is 12.0 Å². The number of hydrogen-bond donors (Lipinski definition) is 0. The Labute approximate surface area is 172 Å². The van der Waals surface area contributed by atoms with Crippen LogP contribution in [0.2, 0.25) is 0 Å². The van der Waals surface area contributed by atoms with Crippen LogP contribution >= 0.6 is 15.9 Å². The minimum atomic E-state index is -3.13. The minimum Gasteiger partial charge on any atom is -0.485 e. The number of ether oxygens (including phenoxy) is 2. The molecule has 148 valence electrons. The highest BCUT2D eigenvalue weighted by Crippen LogP contribution is 2.32. The predicted octanol–water partition coefficient (Wildman–Crippen LogP) is 2.80. The van der Waals surface area contributed by atoms with Crippen molar-refractivity contribution in [3.8, 4) is 11.5 Å². The van der Waals surface area contributed by atoms with Gasteiger partial charge in [0.05, 0.1) is 11.5 Å². The Kier molecular flexibility index (Phi) is 5.33. The molecule has 4 rings (SSSR count). The molecular weight excluding hydrogens is 446 g/mol. The van der Waals surface area contributed by atoms with E-state index < -0.39 is 15.9 Å². The van der Waals surface area contributed by atoms with Crippen LogP contribution in [0.5, 0.6) is 11.5 Å². The van der Waals surface area contributed by atoms with Gasteiger partial charge in [0, 0.05) is 17.1 Å². The van der Waals surface area contributed by atoms with Crippen LogP contribution in [-0.2, 0) is 21.2 Å². The fourth-order valence-corrected chi connectivity index (χ4v) is 5.74. The molecule has 0 saturated carbocycles. The summed E-state index contributed by atoms with van der Waals surface area (Å²) in [5.74, 6) is 0.959. The van der Waals surface area contributed by atoms with Crippen molar-refractivity contribution in [1.29, 1.82) is 0 Å². The third kappa shape index (κ3) is 4.17. The fourth-order valence-electron chi connectivity index (χ4n) is 3.57. The summed E-state index contributed by atoms with van der Waals surface area (Å²) < 4.78 is 36.5. The van der Waals surface area contributed by atoms with E-state index in [2.05, 4.69) is 15.9 Å². The SMILES string of the molecule is O=C(C1COc2ccccc2O1)N(Cc1cccc(Br)c1)C1CCS(=O)(=O)C1. The standard InChI is InChI=1S/C20H20BrNO5S/c21-15-5-3-4-14(10-15)11-22(16-8-9-28(24,25)13-16)20(23)19-12-26-17-6-1-2-7-18(17)27-19/h1-7,10,16,19H,8-9,11-13H2. The number of sulfone groups is 1. The van der Waals surface area contributed by atoms with Crippen LogP contribution < -0.4 is 9.47 Å². The molecule has 8 heteroatoms. The molecule has 2 aliphatic heterocycles. The Morgan fingerprint density at radius 2 is 1.93 bits per heavy atom. The van der Waals surface area contributed by atoms with Gasteiger partial charge in [-0.2, -0.15) is 0 Å². The summed E-state index contributed by atoms with van der Waals surface area (Å²) in [5.41, 5.74) is 0.921. The zero-order chi connectivity index (χ0) is 19.7. The van der Waals surface area contributed by atoms with E-state index in [9.17, 15) is 13.2 Å². The molecule has 0 bridgehead atoms. The van der Waals surface area contributed by atoms with E-state index in [1.807, 2.05) is 36.4 Å². The van der Waals surface area contributed by atoms with Gasteiger partial charge in [0.1, 0.15) is 6.61 Å². The first-order valence-electron chi connectivity index (χ1n) is 9.05. The second-order valence-electron chi connectivity index (χ2n) is 7.02. The van der Waals surface area contributed by atoms with Crippen molar-refractivity contribution in [3.63, 3.8) is 0 Å². The second kappa shape index (κ2) is 7.75. The number of nitrogens with zero attached hydrogens (tertiary/aromatic N) is 1. The van der Waals surface area contributed by atoms with Gasteiger partial charge in [-0.05, 0) is 36.2 Å². The maximum absolute atomic E-state index is 13.3. The first kappa shape index (κ1) is 19.3. The van der Waals surface area contributed by atoms with E-state index >= 15 is 0 Å². The number of carbonyl (C=O) groups excluding carboxylic acids is 1. The molecule has 2 aromatic carbocycles. The summed E-state index contributed by atoms with van der Waals surface area (Å²) in [5, 5.41) is 0. The van der Waals surface area contributed by atoms with Gasteiger partial charge in [0.2, 0.25) is 6.10 Å². The van der Waals surface area contributed by atoms with E-state index in [0.717, 1.165) is 10.0 Å². The topological polar surface area (TPSA) is 72.9 Å². The zero-order valence-corrected chi connectivity index (χ0v) is 17.5. The summed E-state index contributed by atoms with van der Waals surface area (Å²) in [7, 11) is -3.13. The molecule has 0 N–H and O–H groups in total. The average Bonchev–Trinajstić information content (AvgIpc) is 3.05. The summed E-state index contributed by atoms with van der Waals surface area (Å²) in [6.45, 7) is 0.421. The maximum Gasteiger partial charge on any atom is 0.267 e. The zero-order valence-electron chi connectivity index (χ0n) is 15.1. The molecule has 0 aromatic heterocycles. The third-order valence-electron chi connectivity index (χ3n) is 4.96. The van der Waals surface area contributed by atoms with Crippen LogP contribution in [0.3, 0.4) is 0 Å². The number of halogens is 1. The Morgan fingerprint density at radius 1 is 1.14 bits per heavy atom. The number of hydrogen-bond acceptors (Lipinski definition) is 5. The van der Waals surface area contributed by atoms with Gasteiger partial charge in [0.25, 0.3) is 5.91 Å². The Balaban J connectivity index is 1.58. The number of para-hydroxylation sites is 2. The van der Waals surface area contributed by atoms with Crippen LogP contribution in [0.4, 0.5) is 0 Å². The minimum absolute atomic E-state index is 0.0170. The molecule has 2 aromatic rings. The summed E-state index contributed by atoms with van der Waals surface area (Å²) in [4.78, 5) is 14.9. The van der Waals surface area contributed by atoms with Crippen molar-refractivity contribution in [3.05, 3.63) is 58.6 Å². The first-order chi connectivity index (χ1) is 13.4. The molecule has 2 aliphatic rings. The quantitative estimate of drug-likeness (QED) is 0.693. The molecule has 1 amide bonds. The summed E-state index contributed by atoms with van der Waals surface area (Å²) in [6.07, 6.45) is -0.364. The molecule has 1 fully saturated rings. The van der Waals surface area contributed by atoms with Crippen molar-refractivity contribution < 1.29 is 22.7 Å². The van der Waals surface area contributed by atoms with Gasteiger partial charge >= 0.3 is 0 Å². The normalized spacial score (nSPS) is 22.6. The monoisotopic (exact) mass is 465 g/mol. The molecule has 0 radical (unpaired) electrons. The summed E-state index contributed by atoms with van der Waals surface area (Å²) in [6, 6.07) is 14.5. The summed E-state index contributed by atoms with van der Waals surface area (Å²) >= 11 is 3.44. The number of amides is 1. The molecule has 2 unspecified atom stereocenters. The lowest BCUT2D eigenvalue weighted by atomic mass is 10.1. The Hall–Kier alpha value is -2.06. The first-order valence-corrected chi connectivity index (χ1v) is 11.7. The van der Waals surface area contributed by atoms with E-state index in [1.165, 1.54) is 0 Å². The van der Waals surface area contributed by atoms with Crippen LogP contribution in [0.15, 0.2) is 53.0 Å². The fraction of sp³-hybridized carbons (Fsp3) is 0.350. The number of fused-ring (bicyclic) bond motifs is 1. The van der Waals surface area contributed by atoms with Crippen molar-refractivity contribution in [2.24, 2.45) is 0 Å². The molecule has 1 saturated heterocycles. The predicted molar refractivity (Wildman–Crippen MR) is 108 cm³/mol. The third-order valence-corrected chi connectivity index (χ3v) is 7.20. The van der Waals surface area contributed by atoms with Crippen molar-refractivity contribution >= 4 is 31.7 Å². The van der Waals surface area contributed by atoms with Crippen molar-refractivity contribution in [1.82, 2.24) is 4.90 Å². The van der Waals surface area contributed by atoms with Gasteiger partial charge in [-0.3, -0.25) is 4.79 Å². The highest BCUT2D eigenvalue weighted by molar-refractivity contribution is 9.10. The second-order valence-corrected chi connectivity index (χ2v) is 10.2. The molecule has 6 nitrogen and oxygen atoms in total. The Morgan fingerprint density at radius 3 is 2.64 bits per heavy atom. The van der Waals surface area contributed by atoms with Gasteiger partial charge in [-0.25, -0.2) is 8.42 Å². The van der Waals surface area contributed by atoms with Gasteiger partial charge < -0.3 is 14.4 Å². The van der Waals surface area contributed by atoms with Gasteiger partial charge in [0.15, 0.2) is 21.3 Å². The van der Waals surface area contributed by atoms with Crippen LogP contribution in [-0.4, -0.2) is 49.5 Å². The van der Waals surface area contributed by atoms with E-state index in [-0.39, 0.29) is 30.1 Å². The lowest BCUT2D eigenvalue weighted by Gasteiger charge is -2.34. The highest BCUT2D eigenvalue weighted by Gasteiger charge is 2.39. The molecular formula is C20H20BrNO5S. The maximum atomic E-state index is 13.3. The molecule has 2 heterocycles. The van der Waals surface area contributed by atoms with Gasteiger partial charge in [-0.15, -0.1) is 0 Å². The van der Waals surface area contributed by atoms with Crippen LogP contribution in [0.25, 0.3) is 0 Å². The van der Waals surface area contributed by atoms with Crippen LogP contribution in [0, 0.1) is 0 Å². The molecule has 28 heavy (non-hydrogen) atoms. The van der Waals surface area contributed by atoms with Crippen molar-refractivity contribution in [2.45, 2.75) is 25.1 Å². The van der Waals surface area contributed by atoms with E-state index in [4.69, 9.17) is 9.47 Å². The molecule has 0 aliphatic carbocycles. The smallest absolute Gasteiger partial charge is 0.267 e. The highest BCUT2D eigenvalue weighted by atomic mass is 79.9.